The van der Waals surface area contributed by atoms with Crippen LogP contribution < -0.4 is 0 Å². The number of rotatable bonds is 7. The Morgan fingerprint density at radius 2 is 1.56 bits per heavy atom. The molecule has 2 fully saturated rings. The van der Waals surface area contributed by atoms with Gasteiger partial charge in [0.2, 0.25) is 5.79 Å². The summed E-state index contributed by atoms with van der Waals surface area (Å²) in [7, 11) is -5.16. The Labute approximate surface area is 153 Å². The minimum absolute atomic E-state index is 0.810. The van der Waals surface area contributed by atoms with Crippen LogP contribution >= 0.6 is 0 Å². The van der Waals surface area contributed by atoms with Gasteiger partial charge in [0.25, 0.3) is 0 Å². The zero-order valence-corrected chi connectivity index (χ0v) is 14.5. The van der Waals surface area contributed by atoms with Gasteiger partial charge in [-0.15, -0.1) is 0 Å². The fourth-order valence-electron chi connectivity index (χ4n) is 2.86. The first kappa shape index (κ1) is 22.8. The third-order valence-electron chi connectivity index (χ3n) is 4.25. The van der Waals surface area contributed by atoms with Crippen LogP contribution in [0.15, 0.2) is 0 Å². The quantitative estimate of drug-likeness (QED) is 0.179. The molecule has 0 spiro atoms. The summed E-state index contributed by atoms with van der Waals surface area (Å²) in [5.74, 6) is -2.51. The summed E-state index contributed by atoms with van der Waals surface area (Å²) in [5.41, 5.74) is 0. The van der Waals surface area contributed by atoms with Gasteiger partial charge in [-0.05, 0) is 0 Å². The van der Waals surface area contributed by atoms with Crippen LogP contribution in [0.25, 0.3) is 0 Å². The van der Waals surface area contributed by atoms with E-state index in [4.69, 9.17) is 23.9 Å². The summed E-state index contributed by atoms with van der Waals surface area (Å²) < 4.78 is 50.4. The third-order valence-corrected chi connectivity index (χ3v) is 4.72. The molecule has 2 heterocycles. The first-order chi connectivity index (χ1) is 12.5. The topological polar surface area (TPSA) is 233 Å². The number of aliphatic hydroxyl groups is 7. The molecule has 0 aliphatic carbocycles. The molecule has 0 aromatic carbocycles. The van der Waals surface area contributed by atoms with Crippen LogP contribution in [0.4, 0.5) is 0 Å². The standard InChI is InChI=1S/C12H22O14S/c13-1-4-6(16)7(17)9(26-27(20,21)22)11(23-4)24-8-5(2-14)25-12(19,3-15)10(8)18/h4-11,13-19H,1-3H2,(H,20,21,22)/t4-,5-,6+,7+,8-,9-,10+,11+,12-/m1/s1. The van der Waals surface area contributed by atoms with Gasteiger partial charge in [0.1, 0.15) is 36.6 Å². The smallest absolute Gasteiger partial charge is 0.394 e. The highest BCUT2D eigenvalue weighted by Gasteiger charge is 2.57. The number of hydrogen-bond acceptors (Lipinski definition) is 13. The van der Waals surface area contributed by atoms with Crippen molar-refractivity contribution >= 4 is 10.4 Å². The van der Waals surface area contributed by atoms with Crippen molar-refractivity contribution in [2.75, 3.05) is 19.8 Å². The molecule has 0 aromatic heterocycles. The fourth-order valence-corrected chi connectivity index (χ4v) is 3.34. The molecule has 2 aliphatic rings. The van der Waals surface area contributed by atoms with Crippen LogP contribution in [0, 0.1) is 0 Å². The van der Waals surface area contributed by atoms with E-state index in [1.54, 1.807) is 0 Å². The molecule has 15 heteroatoms. The van der Waals surface area contributed by atoms with Gasteiger partial charge < -0.3 is 50.0 Å². The highest BCUT2D eigenvalue weighted by atomic mass is 32.3. The van der Waals surface area contributed by atoms with Crippen molar-refractivity contribution < 1.29 is 67.1 Å². The molecule has 0 bridgehead atoms. The van der Waals surface area contributed by atoms with Gasteiger partial charge in [-0.3, -0.25) is 4.55 Å². The van der Waals surface area contributed by atoms with Crippen molar-refractivity contribution in [3.05, 3.63) is 0 Å². The van der Waals surface area contributed by atoms with E-state index in [0.29, 0.717) is 0 Å². The van der Waals surface area contributed by atoms with Gasteiger partial charge in [0, 0.05) is 0 Å². The minimum atomic E-state index is -5.16. The molecule has 0 radical (unpaired) electrons. The second kappa shape index (κ2) is 8.46. The number of hydrogen-bond donors (Lipinski definition) is 8. The maximum atomic E-state index is 11.0. The van der Waals surface area contributed by atoms with E-state index in [-0.39, 0.29) is 0 Å². The lowest BCUT2D eigenvalue weighted by Crippen LogP contribution is -2.62. The SMILES string of the molecule is O=S(=O)(O)O[C@H]1[C@H](O[C@@H]2[C@@H](CO)O[C@](O)(CO)[C@H]2O)O[C@H](CO)[C@H](O)[C@@H]1O. The van der Waals surface area contributed by atoms with Gasteiger partial charge in [0.15, 0.2) is 12.4 Å². The largest absolute Gasteiger partial charge is 0.397 e. The van der Waals surface area contributed by atoms with Crippen molar-refractivity contribution in [2.45, 2.75) is 54.8 Å². The first-order valence-corrected chi connectivity index (χ1v) is 9.07. The van der Waals surface area contributed by atoms with E-state index < -0.39 is 85.0 Å². The van der Waals surface area contributed by atoms with E-state index in [0.717, 1.165) is 0 Å². The van der Waals surface area contributed by atoms with E-state index >= 15 is 0 Å². The van der Waals surface area contributed by atoms with Crippen molar-refractivity contribution in [3.63, 3.8) is 0 Å². The van der Waals surface area contributed by atoms with Crippen LogP contribution in [0.5, 0.6) is 0 Å². The van der Waals surface area contributed by atoms with E-state index in [2.05, 4.69) is 4.18 Å². The average molecular weight is 422 g/mol. The van der Waals surface area contributed by atoms with Crippen LogP contribution in [0.2, 0.25) is 0 Å². The lowest BCUT2D eigenvalue weighted by atomic mass is 9.99. The molecule has 8 N–H and O–H groups in total. The number of aliphatic hydroxyl groups excluding tert-OH is 6. The van der Waals surface area contributed by atoms with Crippen LogP contribution in [-0.2, 0) is 28.8 Å². The molecule has 0 saturated carbocycles. The molecular formula is C12H22O14S. The lowest BCUT2D eigenvalue weighted by molar-refractivity contribution is -0.314. The maximum Gasteiger partial charge on any atom is 0.397 e. The predicted octanol–water partition coefficient (Wildman–Crippen LogP) is -5.57. The normalized spacial score (nSPS) is 45.9. The molecule has 2 saturated heterocycles. The van der Waals surface area contributed by atoms with E-state index in [1.807, 2.05) is 0 Å². The summed E-state index contributed by atoms with van der Waals surface area (Å²) in [6.07, 6.45) is -14.3. The fraction of sp³-hybridized carbons (Fsp3) is 1.00. The molecule has 27 heavy (non-hydrogen) atoms. The highest BCUT2D eigenvalue weighted by Crippen LogP contribution is 2.34. The van der Waals surface area contributed by atoms with Gasteiger partial charge in [-0.2, -0.15) is 8.42 Å². The van der Waals surface area contributed by atoms with Crippen LogP contribution in [0.3, 0.4) is 0 Å². The molecule has 9 atom stereocenters. The second-order valence-corrected chi connectivity index (χ2v) is 7.13. The van der Waals surface area contributed by atoms with E-state index in [1.165, 1.54) is 0 Å². The van der Waals surface area contributed by atoms with E-state index in [9.17, 15) is 39.1 Å². The predicted molar refractivity (Wildman–Crippen MR) is 79.1 cm³/mol. The summed E-state index contributed by atoms with van der Waals surface area (Å²) in [6, 6.07) is 0. The Morgan fingerprint density at radius 3 is 2.04 bits per heavy atom. The molecule has 2 aliphatic heterocycles. The second-order valence-electron chi connectivity index (χ2n) is 6.08. The Hall–Kier alpha value is -0.530. The van der Waals surface area contributed by atoms with Crippen molar-refractivity contribution in [3.8, 4) is 0 Å². The molecule has 0 aromatic rings. The Bertz CT molecular complexity index is 599. The summed E-state index contributed by atoms with van der Waals surface area (Å²) in [6.45, 7) is -2.72. The molecular weight excluding hydrogens is 400 g/mol. The van der Waals surface area contributed by atoms with Gasteiger partial charge in [0.05, 0.1) is 19.8 Å². The molecule has 0 amide bonds. The molecule has 2 rings (SSSR count). The molecule has 0 unspecified atom stereocenters. The van der Waals surface area contributed by atoms with Crippen molar-refractivity contribution in [1.82, 2.24) is 0 Å². The first-order valence-electron chi connectivity index (χ1n) is 7.71. The minimum Gasteiger partial charge on any atom is -0.394 e. The third kappa shape index (κ3) is 4.73. The van der Waals surface area contributed by atoms with Crippen molar-refractivity contribution in [2.24, 2.45) is 0 Å². The molecule has 14 nitrogen and oxygen atoms in total. The number of ether oxygens (including phenoxy) is 3. The maximum absolute atomic E-state index is 11.0. The van der Waals surface area contributed by atoms with Crippen LogP contribution in [-0.4, -0.2) is 123 Å². The Balaban J connectivity index is 2.28. The van der Waals surface area contributed by atoms with Gasteiger partial charge in [-0.25, -0.2) is 4.18 Å². The summed E-state index contributed by atoms with van der Waals surface area (Å²) in [5, 5.41) is 67.6. The monoisotopic (exact) mass is 422 g/mol. The molecule has 160 valence electrons. The van der Waals surface area contributed by atoms with Gasteiger partial charge >= 0.3 is 10.4 Å². The summed E-state index contributed by atoms with van der Waals surface area (Å²) >= 11 is 0. The van der Waals surface area contributed by atoms with Gasteiger partial charge in [-0.1, -0.05) is 0 Å². The average Bonchev–Trinajstić information content (AvgIpc) is 2.85. The van der Waals surface area contributed by atoms with Crippen LogP contribution in [0.1, 0.15) is 0 Å². The Kier molecular flexibility index (Phi) is 7.13. The van der Waals surface area contributed by atoms with Crippen molar-refractivity contribution in [1.29, 1.82) is 0 Å². The zero-order valence-electron chi connectivity index (χ0n) is 13.7. The summed E-state index contributed by atoms with van der Waals surface area (Å²) in [4.78, 5) is 0. The lowest BCUT2D eigenvalue weighted by Gasteiger charge is -2.42. The Morgan fingerprint density at radius 1 is 0.963 bits per heavy atom. The zero-order chi connectivity index (χ0) is 20.6. The highest BCUT2D eigenvalue weighted by molar-refractivity contribution is 7.80.